The zero-order valence-electron chi connectivity index (χ0n) is 18.0. The van der Waals surface area contributed by atoms with Gasteiger partial charge in [0.2, 0.25) is 11.8 Å². The minimum Gasteiger partial charge on any atom is -0.439 e. The summed E-state index contributed by atoms with van der Waals surface area (Å²) < 4.78 is 7.68. The molecule has 0 aliphatic rings. The maximum absolute atomic E-state index is 12.3. The molecule has 0 saturated heterocycles. The van der Waals surface area contributed by atoms with Crippen molar-refractivity contribution in [1.82, 2.24) is 19.7 Å². The molecular weight excluding hydrogens is 426 g/mol. The Hall–Kier alpha value is -3.71. The van der Waals surface area contributed by atoms with Crippen LogP contribution in [0.15, 0.2) is 60.7 Å². The Labute approximate surface area is 191 Å². The molecule has 0 saturated carbocycles. The van der Waals surface area contributed by atoms with Crippen LogP contribution >= 0.6 is 11.6 Å². The summed E-state index contributed by atoms with van der Waals surface area (Å²) in [5, 5.41) is 7.99. The molecule has 0 bridgehead atoms. The first-order valence-corrected chi connectivity index (χ1v) is 10.4. The Morgan fingerprint density at radius 3 is 2.38 bits per heavy atom. The molecule has 2 heterocycles. The lowest BCUT2D eigenvalue weighted by Crippen LogP contribution is -2.14. The number of aromatic nitrogens is 4. The van der Waals surface area contributed by atoms with E-state index in [9.17, 15) is 4.79 Å². The molecule has 162 valence electrons. The summed E-state index contributed by atoms with van der Waals surface area (Å²) >= 11 is 5.88. The molecule has 0 spiro atoms. The maximum atomic E-state index is 12.3. The number of halogens is 1. The summed E-state index contributed by atoms with van der Waals surface area (Å²) in [6.07, 6.45) is 0.269. The van der Waals surface area contributed by atoms with Crippen LogP contribution in [0, 0.1) is 20.8 Å². The lowest BCUT2D eigenvalue weighted by Gasteiger charge is -2.10. The molecule has 4 aromatic rings. The molecule has 2 aromatic carbocycles. The summed E-state index contributed by atoms with van der Waals surface area (Å²) in [6.45, 7) is 5.71. The third-order valence-electron chi connectivity index (χ3n) is 4.67. The van der Waals surface area contributed by atoms with Crippen molar-refractivity contribution in [3.05, 3.63) is 88.5 Å². The third kappa shape index (κ3) is 5.31. The lowest BCUT2D eigenvalue weighted by molar-refractivity contribution is -0.115. The number of hydrogen-bond donors (Lipinski definition) is 1. The van der Waals surface area contributed by atoms with E-state index in [1.807, 2.05) is 32.0 Å². The molecule has 0 aliphatic heterocycles. The van der Waals surface area contributed by atoms with E-state index in [0.717, 1.165) is 17.0 Å². The maximum Gasteiger partial charge on any atom is 0.228 e. The van der Waals surface area contributed by atoms with Gasteiger partial charge in [0.1, 0.15) is 11.6 Å². The topological polar surface area (TPSA) is 81.9 Å². The van der Waals surface area contributed by atoms with Gasteiger partial charge in [0.15, 0.2) is 5.82 Å². The van der Waals surface area contributed by atoms with Crippen LogP contribution in [0.4, 0.5) is 5.69 Å². The quantitative estimate of drug-likeness (QED) is 0.438. The van der Waals surface area contributed by atoms with Crippen molar-refractivity contribution in [2.75, 3.05) is 5.32 Å². The molecule has 2 aromatic heterocycles. The van der Waals surface area contributed by atoms with E-state index in [0.29, 0.717) is 34.0 Å². The Morgan fingerprint density at radius 2 is 1.72 bits per heavy atom. The molecule has 1 amide bonds. The monoisotopic (exact) mass is 447 g/mol. The number of rotatable bonds is 6. The summed E-state index contributed by atoms with van der Waals surface area (Å²) in [4.78, 5) is 21.1. The van der Waals surface area contributed by atoms with Gasteiger partial charge in [-0.2, -0.15) is 10.1 Å². The highest BCUT2D eigenvalue weighted by Gasteiger charge is 2.10. The summed E-state index contributed by atoms with van der Waals surface area (Å²) in [7, 11) is 0. The number of nitrogens with zero attached hydrogens (tertiary/aromatic N) is 4. The SMILES string of the molecule is Cc1cc(C)n(-c2cc(Oc3ccc(NC(=O)Cc4ccc(Cl)cc4)cc3)nc(C)n2)n1. The van der Waals surface area contributed by atoms with Gasteiger partial charge in [0.05, 0.1) is 12.1 Å². The van der Waals surface area contributed by atoms with E-state index >= 15 is 0 Å². The number of carbonyl (C=O) groups is 1. The number of carbonyl (C=O) groups excluding carboxylic acids is 1. The van der Waals surface area contributed by atoms with Crippen molar-refractivity contribution in [1.29, 1.82) is 0 Å². The van der Waals surface area contributed by atoms with Gasteiger partial charge in [-0.1, -0.05) is 23.7 Å². The van der Waals surface area contributed by atoms with Crippen molar-refractivity contribution < 1.29 is 9.53 Å². The molecule has 8 heteroatoms. The number of benzene rings is 2. The van der Waals surface area contributed by atoms with Gasteiger partial charge in [0, 0.05) is 22.5 Å². The highest BCUT2D eigenvalue weighted by molar-refractivity contribution is 6.30. The van der Waals surface area contributed by atoms with Gasteiger partial charge < -0.3 is 10.1 Å². The van der Waals surface area contributed by atoms with Crippen LogP contribution in [0.5, 0.6) is 11.6 Å². The molecule has 0 aliphatic carbocycles. The average molecular weight is 448 g/mol. The van der Waals surface area contributed by atoms with Gasteiger partial charge in [-0.25, -0.2) is 9.67 Å². The molecule has 0 atom stereocenters. The smallest absolute Gasteiger partial charge is 0.228 e. The molecule has 0 radical (unpaired) electrons. The number of ether oxygens (including phenoxy) is 1. The van der Waals surface area contributed by atoms with Gasteiger partial charge in [-0.15, -0.1) is 0 Å². The van der Waals surface area contributed by atoms with E-state index in [4.69, 9.17) is 16.3 Å². The van der Waals surface area contributed by atoms with Gasteiger partial charge in [0.25, 0.3) is 0 Å². The fourth-order valence-corrected chi connectivity index (χ4v) is 3.39. The van der Waals surface area contributed by atoms with Crippen LogP contribution in [0.3, 0.4) is 0 Å². The Morgan fingerprint density at radius 1 is 1.00 bits per heavy atom. The lowest BCUT2D eigenvalue weighted by atomic mass is 10.1. The third-order valence-corrected chi connectivity index (χ3v) is 4.92. The Bertz CT molecular complexity index is 1250. The zero-order valence-corrected chi connectivity index (χ0v) is 18.7. The van der Waals surface area contributed by atoms with E-state index in [-0.39, 0.29) is 12.3 Å². The summed E-state index contributed by atoms with van der Waals surface area (Å²) in [5.41, 5.74) is 3.46. The van der Waals surface area contributed by atoms with E-state index in [1.54, 1.807) is 54.1 Å². The second kappa shape index (κ2) is 9.20. The first kappa shape index (κ1) is 21.5. The second-order valence-electron chi connectivity index (χ2n) is 7.43. The fourth-order valence-electron chi connectivity index (χ4n) is 3.27. The number of aryl methyl sites for hydroxylation is 3. The average Bonchev–Trinajstić information content (AvgIpc) is 3.09. The van der Waals surface area contributed by atoms with Gasteiger partial charge in [-0.3, -0.25) is 4.79 Å². The molecule has 0 unspecified atom stereocenters. The minimum absolute atomic E-state index is 0.109. The van der Waals surface area contributed by atoms with E-state index < -0.39 is 0 Å². The summed E-state index contributed by atoms with van der Waals surface area (Å²) in [5.74, 6) is 2.12. The van der Waals surface area contributed by atoms with Crippen molar-refractivity contribution in [2.24, 2.45) is 0 Å². The summed E-state index contributed by atoms with van der Waals surface area (Å²) in [6, 6.07) is 18.1. The normalized spacial score (nSPS) is 10.8. The largest absolute Gasteiger partial charge is 0.439 e. The first-order valence-electron chi connectivity index (χ1n) is 10.1. The predicted octanol–water partition coefficient (Wildman–Crippen LogP) is 5.21. The predicted molar refractivity (Wildman–Crippen MR) is 124 cm³/mol. The number of nitrogens with one attached hydrogen (secondary N) is 1. The Balaban J connectivity index is 1.43. The van der Waals surface area contributed by atoms with Crippen LogP contribution in [-0.2, 0) is 11.2 Å². The van der Waals surface area contributed by atoms with Gasteiger partial charge in [-0.05, 0) is 68.8 Å². The van der Waals surface area contributed by atoms with Crippen LogP contribution in [-0.4, -0.2) is 25.7 Å². The van der Waals surface area contributed by atoms with E-state index in [2.05, 4.69) is 20.4 Å². The van der Waals surface area contributed by atoms with Crippen molar-refractivity contribution in [3.8, 4) is 17.4 Å². The standard InChI is InChI=1S/C24H22ClN5O2/c1-15-12-16(2)30(29-15)22-14-24(27-17(3)26-22)32-21-10-8-20(9-11-21)28-23(31)13-18-4-6-19(25)7-5-18/h4-12,14H,13H2,1-3H3,(H,28,31). The van der Waals surface area contributed by atoms with Crippen LogP contribution in [0.25, 0.3) is 5.82 Å². The van der Waals surface area contributed by atoms with E-state index in [1.165, 1.54) is 0 Å². The number of hydrogen-bond acceptors (Lipinski definition) is 5. The molecule has 32 heavy (non-hydrogen) atoms. The van der Waals surface area contributed by atoms with Crippen molar-refractivity contribution in [2.45, 2.75) is 27.2 Å². The van der Waals surface area contributed by atoms with Crippen LogP contribution < -0.4 is 10.1 Å². The number of anilines is 1. The highest BCUT2D eigenvalue weighted by atomic mass is 35.5. The minimum atomic E-state index is -0.109. The van der Waals surface area contributed by atoms with Crippen LogP contribution in [0.2, 0.25) is 5.02 Å². The molecule has 1 N–H and O–H groups in total. The molecular formula is C24H22ClN5O2. The molecule has 4 rings (SSSR count). The first-order chi connectivity index (χ1) is 15.4. The van der Waals surface area contributed by atoms with Crippen LogP contribution in [0.1, 0.15) is 22.8 Å². The van der Waals surface area contributed by atoms with Crippen molar-refractivity contribution >= 4 is 23.2 Å². The van der Waals surface area contributed by atoms with Crippen molar-refractivity contribution in [3.63, 3.8) is 0 Å². The molecule has 0 fully saturated rings. The number of amides is 1. The van der Waals surface area contributed by atoms with Gasteiger partial charge >= 0.3 is 0 Å². The fraction of sp³-hybridized carbons (Fsp3) is 0.167. The zero-order chi connectivity index (χ0) is 22.7. The highest BCUT2D eigenvalue weighted by Crippen LogP contribution is 2.24. The second-order valence-corrected chi connectivity index (χ2v) is 7.86. The Kier molecular flexibility index (Phi) is 6.18. The molecule has 7 nitrogen and oxygen atoms in total.